The maximum Gasteiger partial charge on any atom is 0.433 e. The quantitative estimate of drug-likeness (QED) is 0.899. The molecule has 0 amide bonds. The zero-order chi connectivity index (χ0) is 16.2. The molecule has 1 aromatic rings. The average Bonchev–Trinajstić information content (AvgIpc) is 2.52. The van der Waals surface area contributed by atoms with E-state index in [9.17, 15) is 13.2 Å². The van der Waals surface area contributed by atoms with Gasteiger partial charge in [0.25, 0.3) is 0 Å². The number of hydrogen-bond acceptors (Lipinski definition) is 5. The Hall–Kier alpha value is -1.41. The Bertz CT molecular complexity index is 472. The molecule has 0 aromatic carbocycles. The summed E-state index contributed by atoms with van der Waals surface area (Å²) in [6, 6.07) is 1.09. The molecule has 1 aromatic heterocycles. The standard InChI is InChI=1S/C14H22F3N5/c1-3-21-6-8-22(9-7-21)11(2)10-19-13-18-5-4-12(20-13)14(15,16)17/h4-5,11H,3,6-10H2,1-2H3,(H,18,19,20). The van der Waals surface area contributed by atoms with Gasteiger partial charge in [-0.25, -0.2) is 9.97 Å². The van der Waals surface area contributed by atoms with Crippen LogP contribution in [-0.4, -0.2) is 65.1 Å². The van der Waals surface area contributed by atoms with E-state index in [1.165, 1.54) is 0 Å². The molecule has 22 heavy (non-hydrogen) atoms. The highest BCUT2D eigenvalue weighted by atomic mass is 19.4. The second-order valence-electron chi connectivity index (χ2n) is 5.46. The van der Waals surface area contributed by atoms with Crippen molar-refractivity contribution in [1.29, 1.82) is 0 Å². The van der Waals surface area contributed by atoms with Gasteiger partial charge in [-0.15, -0.1) is 0 Å². The summed E-state index contributed by atoms with van der Waals surface area (Å²) in [5, 5.41) is 2.90. The van der Waals surface area contributed by atoms with Crippen LogP contribution in [0.1, 0.15) is 19.5 Å². The van der Waals surface area contributed by atoms with Crippen LogP contribution in [0.2, 0.25) is 0 Å². The van der Waals surface area contributed by atoms with Gasteiger partial charge >= 0.3 is 6.18 Å². The number of nitrogens with one attached hydrogen (secondary N) is 1. The molecule has 2 rings (SSSR count). The average molecular weight is 317 g/mol. The Kier molecular flexibility index (Phi) is 5.57. The van der Waals surface area contributed by atoms with Crippen LogP contribution < -0.4 is 5.32 Å². The van der Waals surface area contributed by atoms with Gasteiger partial charge in [0.05, 0.1) is 0 Å². The normalized spacial score (nSPS) is 19.1. The number of halogens is 3. The zero-order valence-electron chi connectivity index (χ0n) is 12.9. The third-order valence-electron chi connectivity index (χ3n) is 3.98. The molecule has 124 valence electrons. The summed E-state index contributed by atoms with van der Waals surface area (Å²) in [5.74, 6) is 0.0221. The number of hydrogen-bond donors (Lipinski definition) is 1. The number of likely N-dealkylation sites (N-methyl/N-ethyl adjacent to an activating group) is 1. The molecule has 0 aliphatic carbocycles. The van der Waals surface area contributed by atoms with Crippen LogP contribution >= 0.6 is 0 Å². The van der Waals surface area contributed by atoms with Crippen molar-refractivity contribution in [2.75, 3.05) is 44.6 Å². The van der Waals surface area contributed by atoms with Crippen LogP contribution in [-0.2, 0) is 6.18 Å². The van der Waals surface area contributed by atoms with E-state index in [2.05, 4.69) is 38.9 Å². The summed E-state index contributed by atoms with van der Waals surface area (Å²) in [6.07, 6.45) is -3.32. The number of rotatable bonds is 5. The van der Waals surface area contributed by atoms with E-state index in [1.54, 1.807) is 0 Å². The first-order valence-electron chi connectivity index (χ1n) is 7.50. The van der Waals surface area contributed by atoms with E-state index >= 15 is 0 Å². The van der Waals surface area contributed by atoms with E-state index in [-0.39, 0.29) is 12.0 Å². The highest BCUT2D eigenvalue weighted by Crippen LogP contribution is 2.27. The first-order chi connectivity index (χ1) is 10.4. The minimum atomic E-state index is -4.44. The van der Waals surface area contributed by atoms with Gasteiger partial charge in [-0.3, -0.25) is 4.90 Å². The Balaban J connectivity index is 1.85. The van der Waals surface area contributed by atoms with Gasteiger partial charge in [-0.2, -0.15) is 13.2 Å². The van der Waals surface area contributed by atoms with Gasteiger partial charge in [0.2, 0.25) is 5.95 Å². The predicted octanol–water partition coefficient (Wildman–Crippen LogP) is 1.93. The molecule has 0 bridgehead atoms. The van der Waals surface area contributed by atoms with Gasteiger partial charge in [-0.1, -0.05) is 6.92 Å². The fourth-order valence-electron chi connectivity index (χ4n) is 2.49. The Labute approximate surface area is 128 Å². The van der Waals surface area contributed by atoms with Crippen molar-refractivity contribution in [3.8, 4) is 0 Å². The molecule has 1 fully saturated rings. The fourth-order valence-corrected chi connectivity index (χ4v) is 2.49. The number of anilines is 1. The van der Waals surface area contributed by atoms with E-state index in [4.69, 9.17) is 0 Å². The van der Waals surface area contributed by atoms with Gasteiger partial charge in [-0.05, 0) is 19.5 Å². The lowest BCUT2D eigenvalue weighted by Gasteiger charge is -2.37. The molecule has 0 radical (unpaired) electrons. The molecular formula is C14H22F3N5. The van der Waals surface area contributed by atoms with Crippen molar-refractivity contribution in [1.82, 2.24) is 19.8 Å². The molecule has 5 nitrogen and oxygen atoms in total. The number of nitrogens with zero attached hydrogens (tertiary/aromatic N) is 4. The lowest BCUT2D eigenvalue weighted by molar-refractivity contribution is -0.141. The number of alkyl halides is 3. The van der Waals surface area contributed by atoms with Crippen molar-refractivity contribution < 1.29 is 13.2 Å². The summed E-state index contributed by atoms with van der Waals surface area (Å²) < 4.78 is 37.8. The van der Waals surface area contributed by atoms with Crippen LogP contribution in [0.15, 0.2) is 12.3 Å². The Morgan fingerprint density at radius 2 is 1.95 bits per heavy atom. The second kappa shape index (κ2) is 7.23. The van der Waals surface area contributed by atoms with Gasteiger partial charge in [0.15, 0.2) is 0 Å². The molecule has 1 saturated heterocycles. The number of piperazine rings is 1. The van der Waals surface area contributed by atoms with Gasteiger partial charge < -0.3 is 10.2 Å². The lowest BCUT2D eigenvalue weighted by Crippen LogP contribution is -2.51. The lowest BCUT2D eigenvalue weighted by atomic mass is 10.2. The highest BCUT2D eigenvalue weighted by Gasteiger charge is 2.32. The van der Waals surface area contributed by atoms with Gasteiger partial charge in [0, 0.05) is 45.0 Å². The van der Waals surface area contributed by atoms with Crippen LogP contribution in [0.3, 0.4) is 0 Å². The van der Waals surface area contributed by atoms with Crippen LogP contribution in [0.25, 0.3) is 0 Å². The summed E-state index contributed by atoms with van der Waals surface area (Å²) in [6.45, 7) is 9.78. The smallest absolute Gasteiger partial charge is 0.353 e. The molecule has 1 N–H and O–H groups in total. The van der Waals surface area contributed by atoms with E-state index in [1.807, 2.05) is 0 Å². The highest BCUT2D eigenvalue weighted by molar-refractivity contribution is 5.26. The maximum atomic E-state index is 12.6. The summed E-state index contributed by atoms with van der Waals surface area (Å²) in [7, 11) is 0. The first-order valence-corrected chi connectivity index (χ1v) is 7.50. The molecule has 1 aliphatic heterocycles. The molecule has 1 atom stereocenters. The van der Waals surface area contributed by atoms with E-state index in [0.29, 0.717) is 6.54 Å². The summed E-state index contributed by atoms with van der Waals surface area (Å²) in [5.41, 5.74) is -0.922. The Morgan fingerprint density at radius 1 is 1.27 bits per heavy atom. The minimum Gasteiger partial charge on any atom is -0.353 e. The van der Waals surface area contributed by atoms with Crippen LogP contribution in [0.4, 0.5) is 19.1 Å². The Morgan fingerprint density at radius 3 is 2.55 bits per heavy atom. The summed E-state index contributed by atoms with van der Waals surface area (Å²) >= 11 is 0. The second-order valence-corrected chi connectivity index (χ2v) is 5.46. The summed E-state index contributed by atoms with van der Waals surface area (Å²) in [4.78, 5) is 12.1. The molecule has 1 unspecified atom stereocenters. The van der Waals surface area contributed by atoms with Crippen molar-refractivity contribution >= 4 is 5.95 Å². The topological polar surface area (TPSA) is 44.3 Å². The SMILES string of the molecule is CCN1CCN(C(C)CNc2nccc(C(F)(F)F)n2)CC1. The van der Waals surface area contributed by atoms with E-state index < -0.39 is 11.9 Å². The molecule has 0 spiro atoms. The van der Waals surface area contributed by atoms with Crippen LogP contribution in [0, 0.1) is 0 Å². The van der Waals surface area contributed by atoms with Crippen molar-refractivity contribution in [2.24, 2.45) is 0 Å². The molecule has 0 saturated carbocycles. The number of aromatic nitrogens is 2. The molecule has 2 heterocycles. The van der Waals surface area contributed by atoms with Crippen LogP contribution in [0.5, 0.6) is 0 Å². The van der Waals surface area contributed by atoms with Crippen molar-refractivity contribution in [3.63, 3.8) is 0 Å². The zero-order valence-corrected chi connectivity index (χ0v) is 12.9. The van der Waals surface area contributed by atoms with Crippen molar-refractivity contribution in [3.05, 3.63) is 18.0 Å². The van der Waals surface area contributed by atoms with Crippen molar-refractivity contribution in [2.45, 2.75) is 26.1 Å². The largest absolute Gasteiger partial charge is 0.433 e. The minimum absolute atomic E-state index is 0.0221. The third-order valence-corrected chi connectivity index (χ3v) is 3.98. The third kappa shape index (κ3) is 4.54. The monoisotopic (exact) mass is 317 g/mol. The molecular weight excluding hydrogens is 295 g/mol. The fraction of sp³-hybridized carbons (Fsp3) is 0.714. The predicted molar refractivity (Wildman–Crippen MR) is 78.7 cm³/mol. The maximum absolute atomic E-state index is 12.6. The molecule has 8 heteroatoms. The van der Waals surface area contributed by atoms with Gasteiger partial charge in [0.1, 0.15) is 5.69 Å². The molecule has 1 aliphatic rings. The van der Waals surface area contributed by atoms with E-state index in [0.717, 1.165) is 45.0 Å². The first kappa shape index (κ1) is 17.0.